The van der Waals surface area contributed by atoms with Gasteiger partial charge in [0.1, 0.15) is 5.75 Å². The molecule has 0 aromatic heterocycles. The lowest BCUT2D eigenvalue weighted by Gasteiger charge is -2.11. The van der Waals surface area contributed by atoms with Crippen molar-refractivity contribution in [3.63, 3.8) is 0 Å². The molecule has 1 aromatic carbocycles. The molecule has 0 saturated heterocycles. The molecule has 0 aliphatic rings. The van der Waals surface area contributed by atoms with Gasteiger partial charge in [-0.3, -0.25) is 0 Å². The van der Waals surface area contributed by atoms with E-state index in [-0.39, 0.29) is 15.7 Å². The van der Waals surface area contributed by atoms with Crippen LogP contribution in [0.4, 0.5) is 0 Å². The van der Waals surface area contributed by atoms with E-state index in [4.69, 9.17) is 16.7 Å². The van der Waals surface area contributed by atoms with Crippen molar-refractivity contribution in [2.24, 2.45) is 0 Å². The van der Waals surface area contributed by atoms with Gasteiger partial charge in [0.2, 0.25) is 10.0 Å². The lowest BCUT2D eigenvalue weighted by atomic mass is 10.3. The van der Waals surface area contributed by atoms with Crippen LogP contribution >= 0.6 is 11.6 Å². The summed E-state index contributed by atoms with van der Waals surface area (Å²) in [5, 5.41) is 9.13. The largest absolute Gasteiger partial charge is 0.506 e. The third-order valence-corrected chi connectivity index (χ3v) is 3.81. The Balaban J connectivity index is 3.29. The van der Waals surface area contributed by atoms with E-state index < -0.39 is 10.0 Å². The van der Waals surface area contributed by atoms with Crippen molar-refractivity contribution >= 4 is 21.6 Å². The molecule has 0 bridgehead atoms. The van der Waals surface area contributed by atoms with E-state index in [1.54, 1.807) is 0 Å². The highest BCUT2D eigenvalue weighted by Crippen LogP contribution is 2.26. The van der Waals surface area contributed by atoms with Gasteiger partial charge in [0, 0.05) is 14.1 Å². The standard InChI is InChI=1S/C8H10ClNO3S/c1-10(2)14(12,13)6-3-4-8(11)7(9)5-6/h3-5,11H,1-2H3. The smallest absolute Gasteiger partial charge is 0.242 e. The Morgan fingerprint density at radius 1 is 1.36 bits per heavy atom. The first kappa shape index (κ1) is 11.3. The number of sulfonamides is 1. The van der Waals surface area contributed by atoms with E-state index in [0.29, 0.717) is 0 Å². The van der Waals surface area contributed by atoms with E-state index in [1.807, 2.05) is 0 Å². The van der Waals surface area contributed by atoms with Gasteiger partial charge in [-0.2, -0.15) is 0 Å². The fourth-order valence-electron chi connectivity index (χ4n) is 0.859. The zero-order valence-corrected chi connectivity index (χ0v) is 9.30. The van der Waals surface area contributed by atoms with Crippen molar-refractivity contribution in [1.82, 2.24) is 4.31 Å². The number of nitrogens with zero attached hydrogens (tertiary/aromatic N) is 1. The molecule has 0 aliphatic carbocycles. The lowest BCUT2D eigenvalue weighted by Crippen LogP contribution is -2.22. The SMILES string of the molecule is CN(C)S(=O)(=O)c1ccc(O)c(Cl)c1. The highest BCUT2D eigenvalue weighted by atomic mass is 35.5. The summed E-state index contributed by atoms with van der Waals surface area (Å²) in [6.07, 6.45) is 0. The normalized spacial score (nSPS) is 12.0. The first-order chi connectivity index (χ1) is 6.35. The second kappa shape index (κ2) is 3.76. The predicted octanol–water partition coefficient (Wildman–Crippen LogP) is 1.30. The van der Waals surface area contributed by atoms with Gasteiger partial charge >= 0.3 is 0 Å². The third-order valence-electron chi connectivity index (χ3n) is 1.70. The van der Waals surface area contributed by atoms with Crippen molar-refractivity contribution < 1.29 is 13.5 Å². The maximum absolute atomic E-state index is 11.6. The van der Waals surface area contributed by atoms with Gasteiger partial charge in [-0.15, -0.1) is 0 Å². The van der Waals surface area contributed by atoms with Crippen LogP contribution in [0.3, 0.4) is 0 Å². The molecule has 0 radical (unpaired) electrons. The monoisotopic (exact) mass is 235 g/mol. The number of hydrogen-bond donors (Lipinski definition) is 1. The van der Waals surface area contributed by atoms with Crippen LogP contribution in [0.15, 0.2) is 23.1 Å². The molecule has 78 valence electrons. The van der Waals surface area contributed by atoms with E-state index >= 15 is 0 Å². The van der Waals surface area contributed by atoms with Gasteiger partial charge in [-0.05, 0) is 18.2 Å². The molecule has 1 N–H and O–H groups in total. The topological polar surface area (TPSA) is 57.6 Å². The van der Waals surface area contributed by atoms with Crippen LogP contribution in [-0.4, -0.2) is 31.9 Å². The van der Waals surface area contributed by atoms with Crippen molar-refractivity contribution in [3.8, 4) is 5.75 Å². The molecule has 1 rings (SSSR count). The number of phenols is 1. The summed E-state index contributed by atoms with van der Waals surface area (Å²) in [5.74, 6) is -0.135. The summed E-state index contributed by atoms with van der Waals surface area (Å²) in [4.78, 5) is 0.0605. The van der Waals surface area contributed by atoms with Crippen LogP contribution in [0, 0.1) is 0 Å². The minimum Gasteiger partial charge on any atom is -0.506 e. The van der Waals surface area contributed by atoms with Gasteiger partial charge in [0.15, 0.2) is 0 Å². The number of benzene rings is 1. The molecule has 0 aliphatic heterocycles. The summed E-state index contributed by atoms with van der Waals surface area (Å²) in [7, 11) is -0.625. The van der Waals surface area contributed by atoms with Crippen LogP contribution in [0.5, 0.6) is 5.75 Å². The Morgan fingerprint density at radius 3 is 2.36 bits per heavy atom. The molecule has 0 unspecified atom stereocenters. The maximum Gasteiger partial charge on any atom is 0.242 e. The molecule has 6 heteroatoms. The Kier molecular flexibility index (Phi) is 3.04. The van der Waals surface area contributed by atoms with E-state index in [9.17, 15) is 8.42 Å². The van der Waals surface area contributed by atoms with Gasteiger partial charge in [0.25, 0.3) is 0 Å². The van der Waals surface area contributed by atoms with Crippen LogP contribution < -0.4 is 0 Å². The maximum atomic E-state index is 11.6. The summed E-state index contributed by atoms with van der Waals surface area (Å²) >= 11 is 5.59. The molecule has 14 heavy (non-hydrogen) atoms. The summed E-state index contributed by atoms with van der Waals surface area (Å²) in [5.41, 5.74) is 0. The average molecular weight is 236 g/mol. The Morgan fingerprint density at radius 2 is 1.93 bits per heavy atom. The van der Waals surface area contributed by atoms with E-state index in [1.165, 1.54) is 32.3 Å². The molecule has 1 aromatic rings. The zero-order chi connectivity index (χ0) is 10.9. The lowest BCUT2D eigenvalue weighted by molar-refractivity contribution is 0.474. The van der Waals surface area contributed by atoms with Gasteiger partial charge in [-0.25, -0.2) is 12.7 Å². The number of phenolic OH excluding ortho intramolecular Hbond substituents is 1. The molecular weight excluding hydrogens is 226 g/mol. The first-order valence-corrected chi connectivity index (χ1v) is 5.58. The van der Waals surface area contributed by atoms with Gasteiger partial charge < -0.3 is 5.11 Å². The highest BCUT2D eigenvalue weighted by Gasteiger charge is 2.17. The molecule has 0 heterocycles. The molecule has 0 fully saturated rings. The number of rotatable bonds is 2. The predicted molar refractivity (Wildman–Crippen MR) is 54.0 cm³/mol. The van der Waals surface area contributed by atoms with Crippen LogP contribution in [-0.2, 0) is 10.0 Å². The minimum atomic E-state index is -3.48. The zero-order valence-electron chi connectivity index (χ0n) is 7.73. The second-order valence-electron chi connectivity index (χ2n) is 2.90. The van der Waals surface area contributed by atoms with Gasteiger partial charge in [-0.1, -0.05) is 11.6 Å². The molecule has 0 saturated carbocycles. The summed E-state index contributed by atoms with van der Waals surface area (Å²) in [6, 6.07) is 3.77. The number of hydrogen-bond acceptors (Lipinski definition) is 3. The van der Waals surface area contributed by atoms with E-state index in [2.05, 4.69) is 0 Å². The van der Waals surface area contributed by atoms with Crippen LogP contribution in [0.25, 0.3) is 0 Å². The summed E-state index contributed by atoms with van der Waals surface area (Å²) in [6.45, 7) is 0. The Hall–Kier alpha value is -0.780. The van der Waals surface area contributed by atoms with E-state index in [0.717, 1.165) is 4.31 Å². The molecule has 0 amide bonds. The van der Waals surface area contributed by atoms with Gasteiger partial charge in [0.05, 0.1) is 9.92 Å². The fourth-order valence-corrected chi connectivity index (χ4v) is 2.03. The molecule has 4 nitrogen and oxygen atoms in total. The molecule has 0 spiro atoms. The average Bonchev–Trinajstić information content (AvgIpc) is 2.09. The van der Waals surface area contributed by atoms with Crippen LogP contribution in [0.2, 0.25) is 5.02 Å². The Labute approximate surface area is 87.8 Å². The molecular formula is C8H10ClNO3S. The quantitative estimate of drug-likeness (QED) is 0.841. The third kappa shape index (κ3) is 2.00. The fraction of sp³-hybridized carbons (Fsp3) is 0.250. The van der Waals surface area contributed by atoms with Crippen molar-refractivity contribution in [2.45, 2.75) is 4.90 Å². The minimum absolute atomic E-state index is 0.0212. The van der Waals surface area contributed by atoms with Crippen molar-refractivity contribution in [2.75, 3.05) is 14.1 Å². The van der Waals surface area contributed by atoms with Crippen LogP contribution in [0.1, 0.15) is 0 Å². The van der Waals surface area contributed by atoms with Crippen molar-refractivity contribution in [1.29, 1.82) is 0 Å². The Bertz CT molecular complexity index is 442. The number of aromatic hydroxyl groups is 1. The molecule has 0 atom stereocenters. The highest BCUT2D eigenvalue weighted by molar-refractivity contribution is 7.89. The van der Waals surface area contributed by atoms with Crippen molar-refractivity contribution in [3.05, 3.63) is 23.2 Å². The first-order valence-electron chi connectivity index (χ1n) is 3.77. The number of halogens is 1. The second-order valence-corrected chi connectivity index (χ2v) is 5.46. The summed E-state index contributed by atoms with van der Waals surface area (Å²) < 4.78 is 24.2.